The van der Waals surface area contributed by atoms with Crippen molar-refractivity contribution in [1.82, 2.24) is 45.3 Å². The number of rotatable bonds is 8. The van der Waals surface area contributed by atoms with Gasteiger partial charge in [0.2, 0.25) is 5.82 Å². The van der Waals surface area contributed by atoms with Gasteiger partial charge in [-0.2, -0.15) is 9.78 Å². The first kappa shape index (κ1) is 28.1. The summed E-state index contributed by atoms with van der Waals surface area (Å²) in [6.07, 6.45) is 4.92. The molecule has 0 unspecified atom stereocenters. The summed E-state index contributed by atoms with van der Waals surface area (Å²) >= 11 is 6.46. The number of anilines is 1. The number of tetrazole rings is 1. The third kappa shape index (κ3) is 5.88. The highest BCUT2D eigenvalue weighted by Crippen LogP contribution is 2.32. The Labute approximate surface area is 240 Å². The highest BCUT2D eigenvalue weighted by Gasteiger charge is 2.31. The second-order valence-corrected chi connectivity index (χ2v) is 9.70. The highest BCUT2D eigenvalue weighted by molar-refractivity contribution is 6.33. The fourth-order valence-electron chi connectivity index (χ4n) is 4.70. The van der Waals surface area contributed by atoms with Crippen molar-refractivity contribution in [3.8, 4) is 22.6 Å². The van der Waals surface area contributed by atoms with Crippen molar-refractivity contribution in [3.05, 3.63) is 53.6 Å². The van der Waals surface area contributed by atoms with Crippen LogP contribution in [-0.2, 0) is 16.5 Å². The van der Waals surface area contributed by atoms with Crippen molar-refractivity contribution in [2.45, 2.75) is 39.0 Å². The van der Waals surface area contributed by atoms with Gasteiger partial charge in [0.25, 0.3) is 5.91 Å². The van der Waals surface area contributed by atoms with Crippen LogP contribution in [0.15, 0.2) is 42.9 Å². The van der Waals surface area contributed by atoms with E-state index in [0.717, 1.165) is 19.4 Å². The first-order chi connectivity index (χ1) is 19.9. The summed E-state index contributed by atoms with van der Waals surface area (Å²) in [7, 11) is 1.74. The summed E-state index contributed by atoms with van der Waals surface area (Å²) in [5.74, 6) is 0.420. The Bertz CT molecular complexity index is 1520. The van der Waals surface area contributed by atoms with Gasteiger partial charge < -0.3 is 14.8 Å². The number of nitrogens with one attached hydrogen (secondary N) is 1. The van der Waals surface area contributed by atoms with Crippen LogP contribution in [0.3, 0.4) is 0 Å². The lowest BCUT2D eigenvalue weighted by atomic mass is 10.0. The van der Waals surface area contributed by atoms with Gasteiger partial charge in [-0.3, -0.25) is 19.4 Å². The van der Waals surface area contributed by atoms with Crippen LogP contribution < -0.4 is 10.2 Å². The molecular weight excluding hydrogens is 552 g/mol. The summed E-state index contributed by atoms with van der Waals surface area (Å²) in [6.45, 7) is 5.00. The summed E-state index contributed by atoms with van der Waals surface area (Å²) in [5.41, 5.74) is 2.15. The maximum Gasteiger partial charge on any atom is 0.510 e. The number of aryl methyl sites for hydroxylation is 1. The maximum absolute atomic E-state index is 13.8. The Balaban J connectivity index is 1.44. The summed E-state index contributed by atoms with van der Waals surface area (Å²) in [4.78, 5) is 36.2. The molecule has 0 bridgehead atoms. The summed E-state index contributed by atoms with van der Waals surface area (Å²) in [6, 6.07) is 6.77. The molecular formula is C26H29ClN10O4. The zero-order chi connectivity index (χ0) is 28.9. The Morgan fingerprint density at radius 1 is 1.24 bits per heavy atom. The van der Waals surface area contributed by atoms with Crippen molar-refractivity contribution in [1.29, 1.82) is 0 Å². The van der Waals surface area contributed by atoms with Crippen molar-refractivity contribution < 1.29 is 19.1 Å². The van der Waals surface area contributed by atoms with E-state index in [-0.39, 0.29) is 24.2 Å². The normalized spacial score (nSPS) is 15.8. The summed E-state index contributed by atoms with van der Waals surface area (Å²) in [5, 5.41) is 20.0. The number of hydrogen-bond acceptors (Lipinski definition) is 11. The van der Waals surface area contributed by atoms with E-state index in [0.29, 0.717) is 40.0 Å². The lowest BCUT2D eigenvalue weighted by molar-refractivity contribution is 0.00140. The van der Waals surface area contributed by atoms with Gasteiger partial charge in [0.1, 0.15) is 11.4 Å². The lowest BCUT2D eigenvalue weighted by Crippen LogP contribution is -2.49. The van der Waals surface area contributed by atoms with Crippen molar-refractivity contribution in [3.63, 3.8) is 0 Å². The molecule has 0 radical (unpaired) electrons. The molecule has 14 nitrogen and oxygen atoms in total. The quantitative estimate of drug-likeness (QED) is 0.305. The Morgan fingerprint density at radius 3 is 2.80 bits per heavy atom. The molecule has 4 aromatic rings. The SMILES string of the molecule is CCOC(=O)O[C@@H](C)n1nnnc1-c1c(-c2ccc(C(=O)N(c3ncccc3Cl)[C@@H]3CCCNC3)nc2)cnn1C. The van der Waals surface area contributed by atoms with Crippen LogP contribution in [0.5, 0.6) is 0 Å². The van der Waals surface area contributed by atoms with Gasteiger partial charge in [0.05, 0.1) is 23.9 Å². The first-order valence-corrected chi connectivity index (χ1v) is 13.5. The average Bonchev–Trinajstić information content (AvgIpc) is 3.61. The van der Waals surface area contributed by atoms with Gasteiger partial charge in [-0.15, -0.1) is 5.10 Å². The molecule has 1 aliphatic rings. The molecule has 41 heavy (non-hydrogen) atoms. The molecule has 2 atom stereocenters. The predicted molar refractivity (Wildman–Crippen MR) is 148 cm³/mol. The molecule has 4 aromatic heterocycles. The van der Waals surface area contributed by atoms with Crippen molar-refractivity contribution in [2.24, 2.45) is 7.05 Å². The molecule has 5 rings (SSSR count). The third-order valence-electron chi connectivity index (χ3n) is 6.63. The van der Waals surface area contributed by atoms with E-state index in [4.69, 9.17) is 21.1 Å². The fourth-order valence-corrected chi connectivity index (χ4v) is 4.91. The summed E-state index contributed by atoms with van der Waals surface area (Å²) < 4.78 is 13.1. The second-order valence-electron chi connectivity index (χ2n) is 9.29. The van der Waals surface area contributed by atoms with Gasteiger partial charge >= 0.3 is 6.16 Å². The van der Waals surface area contributed by atoms with E-state index in [1.54, 1.807) is 73.3 Å². The lowest BCUT2D eigenvalue weighted by Gasteiger charge is -2.34. The number of carbonyl (C=O) groups excluding carboxylic acids is 2. The van der Waals surface area contributed by atoms with Crippen LogP contribution in [0.2, 0.25) is 5.02 Å². The number of aromatic nitrogens is 8. The molecule has 1 fully saturated rings. The minimum Gasteiger partial charge on any atom is -0.435 e. The molecule has 1 amide bonds. The highest BCUT2D eigenvalue weighted by atomic mass is 35.5. The van der Waals surface area contributed by atoms with Gasteiger partial charge in [-0.1, -0.05) is 17.7 Å². The molecule has 5 heterocycles. The predicted octanol–water partition coefficient (Wildman–Crippen LogP) is 3.27. The van der Waals surface area contributed by atoms with E-state index in [2.05, 4.69) is 35.9 Å². The second kappa shape index (κ2) is 12.4. The van der Waals surface area contributed by atoms with Crippen molar-refractivity contribution in [2.75, 3.05) is 24.6 Å². The monoisotopic (exact) mass is 580 g/mol. The largest absolute Gasteiger partial charge is 0.510 e. The van der Waals surface area contributed by atoms with Gasteiger partial charge in [0, 0.05) is 37.1 Å². The standard InChI is InChI=1S/C26H29ClN10O4/c1-4-40-26(39)41-16(2)37-24(32-33-34-37)22-19(15-31-35(22)3)17-9-10-21(30-13-17)25(38)36(18-7-5-11-28-14-18)23-20(27)8-6-12-29-23/h6,8-10,12-13,15-16,18,28H,4-5,7,11,14H2,1-3H3/t16-,18+/m0/s1. The van der Waals surface area contributed by atoms with E-state index in [9.17, 15) is 9.59 Å². The zero-order valence-corrected chi connectivity index (χ0v) is 23.5. The van der Waals surface area contributed by atoms with Crippen molar-refractivity contribution >= 4 is 29.5 Å². The maximum atomic E-state index is 13.8. The van der Waals surface area contributed by atoms with Gasteiger partial charge in [-0.05, 0) is 61.9 Å². The minimum absolute atomic E-state index is 0.118. The first-order valence-electron chi connectivity index (χ1n) is 13.1. The topological polar surface area (TPSA) is 155 Å². The van der Waals surface area contributed by atoms with Crippen LogP contribution in [-0.4, -0.2) is 77.8 Å². The van der Waals surface area contributed by atoms with Gasteiger partial charge in [-0.25, -0.2) is 9.78 Å². The molecule has 0 aromatic carbocycles. The zero-order valence-electron chi connectivity index (χ0n) is 22.8. The molecule has 1 saturated heterocycles. The minimum atomic E-state index is -0.849. The van der Waals surface area contributed by atoms with Crippen LogP contribution in [0, 0.1) is 0 Å². The van der Waals surface area contributed by atoms with Crippen LogP contribution >= 0.6 is 11.6 Å². The molecule has 0 saturated carbocycles. The van der Waals surface area contributed by atoms with E-state index in [1.165, 1.54) is 4.68 Å². The number of pyridine rings is 2. The fraction of sp³-hybridized carbons (Fsp3) is 0.385. The van der Waals surface area contributed by atoms with E-state index >= 15 is 0 Å². The molecule has 0 aliphatic carbocycles. The number of piperidine rings is 1. The van der Waals surface area contributed by atoms with Crippen LogP contribution in [0.1, 0.15) is 43.4 Å². The molecule has 1 aliphatic heterocycles. The average molecular weight is 581 g/mol. The number of halogens is 1. The number of ether oxygens (including phenoxy) is 2. The van der Waals surface area contributed by atoms with Gasteiger partial charge in [0.15, 0.2) is 12.0 Å². The third-order valence-corrected chi connectivity index (χ3v) is 6.93. The smallest absolute Gasteiger partial charge is 0.435 e. The van der Waals surface area contributed by atoms with Crippen LogP contribution in [0.25, 0.3) is 22.6 Å². The molecule has 1 N–H and O–H groups in total. The van der Waals surface area contributed by atoms with E-state index in [1.807, 2.05) is 0 Å². The number of nitrogens with zero attached hydrogens (tertiary/aromatic N) is 9. The number of hydrogen-bond donors (Lipinski definition) is 1. The number of amides is 1. The Kier molecular flexibility index (Phi) is 8.50. The molecule has 0 spiro atoms. The van der Waals surface area contributed by atoms with Crippen LogP contribution in [0.4, 0.5) is 10.6 Å². The molecule has 15 heteroatoms. The number of carbonyl (C=O) groups is 2. The van der Waals surface area contributed by atoms with E-state index < -0.39 is 12.4 Å². The molecule has 214 valence electrons. The Morgan fingerprint density at radius 2 is 2.10 bits per heavy atom. The Hall–Kier alpha value is -4.43.